The molecule has 110 valence electrons. The number of hydrogen-bond donors (Lipinski definition) is 2. The van der Waals surface area contributed by atoms with Crippen molar-refractivity contribution in [2.24, 2.45) is 0 Å². The molecule has 0 atom stereocenters. The fraction of sp³-hybridized carbons (Fsp3) is 0.0625. The largest absolute Gasteiger partial charge is 0.480 e. The number of nitrogens with two attached hydrogens (primary N) is 1. The summed E-state index contributed by atoms with van der Waals surface area (Å²) in [6.45, 7) is -0.481. The molecule has 0 aliphatic heterocycles. The van der Waals surface area contributed by atoms with E-state index in [-0.39, 0.29) is 0 Å². The van der Waals surface area contributed by atoms with Crippen LogP contribution in [-0.2, 0) is 11.3 Å². The average molecular weight is 295 g/mol. The number of aliphatic carboxylic acids is 1. The molecule has 0 unspecified atom stereocenters. The lowest BCUT2D eigenvalue weighted by Crippen LogP contribution is -2.27. The SMILES string of the molecule is Nc1ccc(-c2nn(CC(=O)O)c(=O)c3ccccc23)cc1. The van der Waals surface area contributed by atoms with Gasteiger partial charge in [-0.25, -0.2) is 4.68 Å². The van der Waals surface area contributed by atoms with E-state index in [2.05, 4.69) is 5.10 Å². The van der Waals surface area contributed by atoms with Gasteiger partial charge in [-0.15, -0.1) is 0 Å². The molecule has 0 spiro atoms. The van der Waals surface area contributed by atoms with Gasteiger partial charge in [0.2, 0.25) is 0 Å². The van der Waals surface area contributed by atoms with Gasteiger partial charge in [0.25, 0.3) is 5.56 Å². The lowest BCUT2D eigenvalue weighted by molar-refractivity contribution is -0.137. The lowest BCUT2D eigenvalue weighted by atomic mass is 10.0. The highest BCUT2D eigenvalue weighted by Crippen LogP contribution is 2.25. The van der Waals surface area contributed by atoms with E-state index in [1.165, 1.54) is 0 Å². The molecule has 0 saturated heterocycles. The van der Waals surface area contributed by atoms with Gasteiger partial charge in [0.05, 0.1) is 11.1 Å². The molecule has 6 heteroatoms. The molecule has 0 bridgehead atoms. The minimum Gasteiger partial charge on any atom is -0.480 e. The predicted molar refractivity (Wildman–Crippen MR) is 83.5 cm³/mol. The zero-order valence-corrected chi connectivity index (χ0v) is 11.6. The van der Waals surface area contributed by atoms with Gasteiger partial charge in [-0.2, -0.15) is 5.10 Å². The Morgan fingerprint density at radius 1 is 1.09 bits per heavy atom. The van der Waals surface area contributed by atoms with Crippen LogP contribution in [0.5, 0.6) is 0 Å². The molecule has 3 rings (SSSR count). The van der Waals surface area contributed by atoms with E-state index in [0.717, 1.165) is 10.2 Å². The molecule has 1 heterocycles. The third-order valence-corrected chi connectivity index (χ3v) is 3.34. The zero-order valence-electron chi connectivity index (χ0n) is 11.6. The Labute approximate surface area is 125 Å². The van der Waals surface area contributed by atoms with Crippen LogP contribution in [-0.4, -0.2) is 20.9 Å². The van der Waals surface area contributed by atoms with Crippen molar-refractivity contribution in [2.75, 3.05) is 5.73 Å². The molecule has 0 aliphatic rings. The quantitative estimate of drug-likeness (QED) is 0.717. The lowest BCUT2D eigenvalue weighted by Gasteiger charge is -2.10. The summed E-state index contributed by atoms with van der Waals surface area (Å²) in [4.78, 5) is 23.3. The predicted octanol–water partition coefficient (Wildman–Crippen LogP) is 1.73. The molecule has 1 aromatic heterocycles. The summed E-state index contributed by atoms with van der Waals surface area (Å²) in [5, 5.41) is 14.3. The Morgan fingerprint density at radius 2 is 1.73 bits per heavy atom. The monoisotopic (exact) mass is 295 g/mol. The summed E-state index contributed by atoms with van der Waals surface area (Å²) in [5.41, 5.74) is 7.20. The molecule has 3 aromatic rings. The highest BCUT2D eigenvalue weighted by molar-refractivity contribution is 5.94. The van der Waals surface area contributed by atoms with Gasteiger partial charge in [0.1, 0.15) is 6.54 Å². The van der Waals surface area contributed by atoms with Crippen molar-refractivity contribution in [1.82, 2.24) is 9.78 Å². The van der Waals surface area contributed by atoms with Gasteiger partial charge >= 0.3 is 5.97 Å². The number of nitrogens with zero attached hydrogens (tertiary/aromatic N) is 2. The first-order valence-corrected chi connectivity index (χ1v) is 6.64. The Bertz CT molecular complexity index is 914. The van der Waals surface area contributed by atoms with E-state index in [9.17, 15) is 9.59 Å². The Morgan fingerprint density at radius 3 is 2.36 bits per heavy atom. The summed E-state index contributed by atoms with van der Waals surface area (Å²) in [7, 11) is 0. The number of hydrogen-bond acceptors (Lipinski definition) is 4. The topological polar surface area (TPSA) is 98.2 Å². The molecule has 0 saturated carbocycles. The number of nitrogen functional groups attached to an aromatic ring is 1. The van der Waals surface area contributed by atoms with E-state index in [0.29, 0.717) is 22.2 Å². The highest BCUT2D eigenvalue weighted by atomic mass is 16.4. The van der Waals surface area contributed by atoms with E-state index in [4.69, 9.17) is 10.8 Å². The Balaban J connectivity index is 2.32. The third kappa shape index (κ3) is 2.42. The Hall–Kier alpha value is -3.15. The van der Waals surface area contributed by atoms with Crippen molar-refractivity contribution >= 4 is 22.4 Å². The van der Waals surface area contributed by atoms with E-state index >= 15 is 0 Å². The van der Waals surface area contributed by atoms with Crippen LogP contribution in [0.3, 0.4) is 0 Å². The summed E-state index contributed by atoms with van der Waals surface area (Å²) in [5.74, 6) is -1.12. The first kappa shape index (κ1) is 13.8. The molecular formula is C16H13N3O3. The first-order chi connectivity index (χ1) is 10.6. The fourth-order valence-electron chi connectivity index (χ4n) is 2.32. The highest BCUT2D eigenvalue weighted by Gasteiger charge is 2.13. The minimum absolute atomic E-state index is 0.419. The van der Waals surface area contributed by atoms with Crippen molar-refractivity contribution in [3.05, 3.63) is 58.9 Å². The molecule has 3 N–H and O–H groups in total. The van der Waals surface area contributed by atoms with Crippen LogP contribution in [0.2, 0.25) is 0 Å². The van der Waals surface area contributed by atoms with Crippen LogP contribution >= 0.6 is 0 Å². The number of fused-ring (bicyclic) bond motifs is 1. The normalized spacial score (nSPS) is 10.7. The van der Waals surface area contributed by atoms with E-state index in [1.807, 2.05) is 6.07 Å². The Kier molecular flexibility index (Phi) is 3.34. The maximum absolute atomic E-state index is 12.3. The van der Waals surface area contributed by atoms with Crippen molar-refractivity contribution in [3.63, 3.8) is 0 Å². The van der Waals surface area contributed by atoms with Crippen LogP contribution in [0.15, 0.2) is 53.3 Å². The summed E-state index contributed by atoms with van der Waals surface area (Å²) >= 11 is 0. The molecular weight excluding hydrogens is 282 g/mol. The second-order valence-corrected chi connectivity index (χ2v) is 4.87. The van der Waals surface area contributed by atoms with Crippen LogP contribution in [0.25, 0.3) is 22.0 Å². The van der Waals surface area contributed by atoms with Gasteiger partial charge in [0.15, 0.2) is 0 Å². The molecule has 6 nitrogen and oxygen atoms in total. The number of carboxylic acids is 1. The fourth-order valence-corrected chi connectivity index (χ4v) is 2.32. The number of carbonyl (C=O) groups is 1. The minimum atomic E-state index is -1.12. The maximum atomic E-state index is 12.3. The summed E-state index contributed by atoms with van der Waals surface area (Å²) in [6, 6.07) is 14.1. The van der Waals surface area contributed by atoms with Crippen LogP contribution in [0.1, 0.15) is 0 Å². The van der Waals surface area contributed by atoms with Gasteiger partial charge in [0, 0.05) is 16.6 Å². The number of carboxylic acid groups (broad SMARTS) is 1. The molecule has 0 radical (unpaired) electrons. The molecule has 0 aliphatic carbocycles. The van der Waals surface area contributed by atoms with Gasteiger partial charge in [-0.1, -0.05) is 30.3 Å². The number of anilines is 1. The molecule has 0 fully saturated rings. The van der Waals surface area contributed by atoms with E-state index < -0.39 is 18.1 Å². The van der Waals surface area contributed by atoms with Gasteiger partial charge < -0.3 is 10.8 Å². The van der Waals surface area contributed by atoms with E-state index in [1.54, 1.807) is 42.5 Å². The maximum Gasteiger partial charge on any atom is 0.325 e. The molecule has 2 aromatic carbocycles. The number of aromatic nitrogens is 2. The smallest absolute Gasteiger partial charge is 0.325 e. The summed E-state index contributed by atoms with van der Waals surface area (Å²) in [6.07, 6.45) is 0. The average Bonchev–Trinajstić information content (AvgIpc) is 2.51. The van der Waals surface area contributed by atoms with Crippen molar-refractivity contribution in [2.45, 2.75) is 6.54 Å². The van der Waals surface area contributed by atoms with Crippen LogP contribution < -0.4 is 11.3 Å². The second kappa shape index (κ2) is 5.33. The first-order valence-electron chi connectivity index (χ1n) is 6.64. The van der Waals surface area contributed by atoms with Crippen molar-refractivity contribution in [3.8, 4) is 11.3 Å². The van der Waals surface area contributed by atoms with Gasteiger partial charge in [-0.05, 0) is 18.2 Å². The van der Waals surface area contributed by atoms with Crippen LogP contribution in [0.4, 0.5) is 5.69 Å². The van der Waals surface area contributed by atoms with Crippen molar-refractivity contribution in [1.29, 1.82) is 0 Å². The zero-order chi connectivity index (χ0) is 15.7. The third-order valence-electron chi connectivity index (χ3n) is 3.34. The summed E-state index contributed by atoms with van der Waals surface area (Å²) < 4.78 is 0.969. The standard InChI is InChI=1S/C16H13N3O3/c17-11-7-5-10(6-8-11)15-12-3-1-2-4-13(12)16(22)19(18-15)9-14(20)21/h1-8H,9,17H2,(H,20,21). The second-order valence-electron chi connectivity index (χ2n) is 4.87. The molecule has 0 amide bonds. The molecule has 22 heavy (non-hydrogen) atoms. The van der Waals surface area contributed by atoms with Crippen molar-refractivity contribution < 1.29 is 9.90 Å². The number of rotatable bonds is 3. The van der Waals surface area contributed by atoms with Gasteiger partial charge in [-0.3, -0.25) is 9.59 Å². The number of benzene rings is 2. The van der Waals surface area contributed by atoms with Crippen LogP contribution in [0, 0.1) is 0 Å².